The molecule has 1 radical (unpaired) electrons. The van der Waals surface area contributed by atoms with E-state index in [9.17, 15) is 8.78 Å². The highest BCUT2D eigenvalue weighted by Gasteiger charge is 2.10. The van der Waals surface area contributed by atoms with Crippen molar-refractivity contribution in [3.05, 3.63) is 30.6 Å². The van der Waals surface area contributed by atoms with Crippen molar-refractivity contribution in [2.24, 2.45) is 0 Å². The van der Waals surface area contributed by atoms with Crippen molar-refractivity contribution in [3.63, 3.8) is 0 Å². The van der Waals surface area contributed by atoms with Gasteiger partial charge >= 0.3 is 0 Å². The van der Waals surface area contributed by atoms with E-state index in [0.29, 0.717) is 0 Å². The van der Waals surface area contributed by atoms with E-state index < -0.39 is 6.43 Å². The summed E-state index contributed by atoms with van der Waals surface area (Å²) in [6.45, 7) is 3.23. The van der Waals surface area contributed by atoms with E-state index in [1.54, 1.807) is 0 Å². The van der Waals surface area contributed by atoms with Gasteiger partial charge in [-0.2, -0.15) is 0 Å². The fraction of sp³-hybridized carbons (Fsp3) is 0.125. The maximum atomic E-state index is 11.9. The topological polar surface area (TPSA) is 13.1 Å². The van der Waals surface area contributed by atoms with Crippen LogP contribution < -0.4 is 0 Å². The van der Waals surface area contributed by atoms with E-state index in [0.717, 1.165) is 0 Å². The van der Waals surface area contributed by atoms with E-state index in [1.165, 1.54) is 12.1 Å². The van der Waals surface area contributed by atoms with Crippen molar-refractivity contribution in [2.75, 3.05) is 0 Å². The summed E-state index contributed by atoms with van der Waals surface area (Å²) in [5.41, 5.74) is 0. The van der Waals surface area contributed by atoms with Crippen LogP contribution in [0.4, 0.5) is 8.78 Å². The molecule has 0 N–H and O–H groups in total. The van der Waals surface area contributed by atoms with E-state index >= 15 is 0 Å². The SMILES string of the molecule is [CH2]C#Cc1ccc(C(F)F)o1. The van der Waals surface area contributed by atoms with Crippen molar-refractivity contribution in [2.45, 2.75) is 6.43 Å². The molecule has 0 bridgehead atoms. The first-order chi connectivity index (χ1) is 5.24. The third kappa shape index (κ3) is 1.81. The van der Waals surface area contributed by atoms with Gasteiger partial charge in [-0.15, -0.1) is 0 Å². The van der Waals surface area contributed by atoms with E-state index in [4.69, 9.17) is 0 Å². The monoisotopic (exact) mass is 155 g/mol. The van der Waals surface area contributed by atoms with Gasteiger partial charge in [0.05, 0.1) is 0 Å². The molecule has 1 rings (SSSR count). The maximum Gasteiger partial charge on any atom is 0.295 e. The number of furan rings is 1. The van der Waals surface area contributed by atoms with Gasteiger partial charge in [0.2, 0.25) is 0 Å². The van der Waals surface area contributed by atoms with Gasteiger partial charge < -0.3 is 4.42 Å². The van der Waals surface area contributed by atoms with Gasteiger partial charge in [0.15, 0.2) is 11.5 Å². The molecule has 0 aromatic carbocycles. The van der Waals surface area contributed by atoms with Gasteiger partial charge in [0, 0.05) is 6.92 Å². The Morgan fingerprint density at radius 3 is 2.64 bits per heavy atom. The summed E-state index contributed by atoms with van der Waals surface area (Å²) < 4.78 is 28.3. The molecule has 1 aromatic rings. The third-order valence-corrected chi connectivity index (χ3v) is 1.05. The molecule has 0 aliphatic rings. The fourth-order valence-electron chi connectivity index (χ4n) is 0.624. The minimum absolute atomic E-state index is 0.218. The molecule has 0 atom stereocenters. The number of hydrogen-bond donors (Lipinski definition) is 0. The number of hydrogen-bond acceptors (Lipinski definition) is 1. The van der Waals surface area contributed by atoms with Gasteiger partial charge in [-0.05, 0) is 18.1 Å². The van der Waals surface area contributed by atoms with Crippen LogP contribution in [0.15, 0.2) is 16.5 Å². The van der Waals surface area contributed by atoms with Crippen LogP contribution in [0.5, 0.6) is 0 Å². The van der Waals surface area contributed by atoms with Crippen LogP contribution in [-0.2, 0) is 0 Å². The van der Waals surface area contributed by atoms with Crippen LogP contribution in [0.3, 0.4) is 0 Å². The molecule has 57 valence electrons. The lowest BCUT2D eigenvalue weighted by molar-refractivity contribution is 0.121. The molecule has 0 fully saturated rings. The van der Waals surface area contributed by atoms with Gasteiger partial charge in [0.25, 0.3) is 6.43 Å². The summed E-state index contributed by atoms with van der Waals surface area (Å²) >= 11 is 0. The second kappa shape index (κ2) is 3.20. The summed E-state index contributed by atoms with van der Waals surface area (Å²) in [4.78, 5) is 0. The smallest absolute Gasteiger partial charge is 0.295 e. The molecule has 11 heavy (non-hydrogen) atoms. The predicted octanol–water partition coefficient (Wildman–Crippen LogP) is 2.40. The second-order valence-corrected chi connectivity index (χ2v) is 1.80. The number of halogens is 2. The Balaban J connectivity index is 2.87. The Labute approximate surface area is 63.0 Å². The first-order valence-electron chi connectivity index (χ1n) is 2.90. The van der Waals surface area contributed by atoms with Crippen LogP contribution in [0.2, 0.25) is 0 Å². The third-order valence-electron chi connectivity index (χ3n) is 1.05. The van der Waals surface area contributed by atoms with Crippen LogP contribution in [0, 0.1) is 18.8 Å². The fourth-order valence-corrected chi connectivity index (χ4v) is 0.624. The molecule has 1 heterocycles. The molecule has 1 nitrogen and oxygen atoms in total. The van der Waals surface area contributed by atoms with Crippen LogP contribution in [0.25, 0.3) is 0 Å². The Hall–Kier alpha value is -1.30. The Bertz CT molecular complexity index is 291. The van der Waals surface area contributed by atoms with E-state index in [1.807, 2.05) is 0 Å². The van der Waals surface area contributed by atoms with E-state index in [-0.39, 0.29) is 11.5 Å². The number of rotatable bonds is 1. The molecule has 0 amide bonds. The molecule has 3 heteroatoms. The molecule has 0 unspecified atom stereocenters. The lowest BCUT2D eigenvalue weighted by atomic mass is 10.4. The van der Waals surface area contributed by atoms with Crippen molar-refractivity contribution >= 4 is 0 Å². The summed E-state index contributed by atoms with van der Waals surface area (Å²) in [7, 11) is 0. The molecule has 0 saturated heterocycles. The van der Waals surface area contributed by atoms with E-state index in [2.05, 4.69) is 23.2 Å². The van der Waals surface area contributed by atoms with Crippen molar-refractivity contribution in [1.82, 2.24) is 0 Å². The second-order valence-electron chi connectivity index (χ2n) is 1.80. The molecule has 0 aliphatic heterocycles. The van der Waals surface area contributed by atoms with Gasteiger partial charge in [-0.3, -0.25) is 0 Å². The van der Waals surface area contributed by atoms with Crippen LogP contribution in [0.1, 0.15) is 17.9 Å². The summed E-state index contributed by atoms with van der Waals surface area (Å²) in [5, 5.41) is 0. The molecular formula is C8H5F2O. The first kappa shape index (κ1) is 7.80. The first-order valence-corrected chi connectivity index (χ1v) is 2.90. The van der Waals surface area contributed by atoms with Crippen molar-refractivity contribution in [3.8, 4) is 11.8 Å². The average Bonchev–Trinajstić information content (AvgIpc) is 2.37. The minimum atomic E-state index is -2.57. The highest BCUT2D eigenvalue weighted by Crippen LogP contribution is 2.20. The van der Waals surface area contributed by atoms with Crippen molar-refractivity contribution < 1.29 is 13.2 Å². The Morgan fingerprint density at radius 2 is 2.18 bits per heavy atom. The highest BCUT2D eigenvalue weighted by atomic mass is 19.3. The molecule has 1 aromatic heterocycles. The van der Waals surface area contributed by atoms with Gasteiger partial charge in [0.1, 0.15) is 0 Å². The average molecular weight is 155 g/mol. The molecule has 0 spiro atoms. The largest absolute Gasteiger partial charge is 0.447 e. The Morgan fingerprint density at radius 1 is 1.45 bits per heavy atom. The number of alkyl halides is 2. The van der Waals surface area contributed by atoms with Gasteiger partial charge in [-0.25, -0.2) is 8.78 Å². The maximum absolute atomic E-state index is 11.9. The summed E-state index contributed by atoms with van der Waals surface area (Å²) in [5.74, 6) is 4.58. The standard InChI is InChI=1S/C8H5F2O/c1-2-3-6-4-5-7(11-6)8(9)10/h4-5,8H,1H2. The lowest BCUT2D eigenvalue weighted by Crippen LogP contribution is -1.75. The lowest BCUT2D eigenvalue weighted by Gasteiger charge is -1.88. The molecule has 0 saturated carbocycles. The minimum Gasteiger partial charge on any atom is -0.447 e. The zero-order chi connectivity index (χ0) is 8.27. The van der Waals surface area contributed by atoms with Gasteiger partial charge in [-0.1, -0.05) is 5.92 Å². The Kier molecular flexibility index (Phi) is 2.27. The predicted molar refractivity (Wildman–Crippen MR) is 35.9 cm³/mol. The molecule has 0 aliphatic carbocycles. The normalized spacial score (nSPS) is 9.45. The quantitative estimate of drug-likeness (QED) is 0.567. The zero-order valence-corrected chi connectivity index (χ0v) is 5.60. The zero-order valence-electron chi connectivity index (χ0n) is 5.60. The molecular weight excluding hydrogens is 150 g/mol. The summed E-state index contributed by atoms with van der Waals surface area (Å²) in [6, 6.07) is 2.59. The van der Waals surface area contributed by atoms with Crippen LogP contribution >= 0.6 is 0 Å². The summed E-state index contributed by atoms with van der Waals surface area (Å²) in [6.07, 6.45) is -2.57. The van der Waals surface area contributed by atoms with Crippen molar-refractivity contribution in [1.29, 1.82) is 0 Å². The van der Waals surface area contributed by atoms with Crippen LogP contribution in [-0.4, -0.2) is 0 Å². The highest BCUT2D eigenvalue weighted by molar-refractivity contribution is 5.27.